The third-order valence-corrected chi connectivity index (χ3v) is 3.52. The van der Waals surface area contributed by atoms with Gasteiger partial charge in [-0.2, -0.15) is 0 Å². The van der Waals surface area contributed by atoms with E-state index in [-0.39, 0.29) is 11.3 Å². The molecule has 0 saturated carbocycles. The highest BCUT2D eigenvalue weighted by Crippen LogP contribution is 2.16. The van der Waals surface area contributed by atoms with Crippen molar-refractivity contribution >= 4 is 24.0 Å². The summed E-state index contributed by atoms with van der Waals surface area (Å²) in [6, 6.07) is 12.9. The number of carboxylic acids is 1. The zero-order valence-corrected chi connectivity index (χ0v) is 13.0. The van der Waals surface area contributed by atoms with Gasteiger partial charge in [-0.1, -0.05) is 24.3 Å². The molecule has 2 aromatic rings. The van der Waals surface area contributed by atoms with Crippen molar-refractivity contribution in [3.8, 4) is 5.75 Å². The SMILES string of the molecule is O=C1NC(=O)/C(=C/c2ccc(OCc3ccc(C(=O)O)cc3)cc2)N1. The Kier molecular flexibility index (Phi) is 4.47. The average molecular weight is 338 g/mol. The summed E-state index contributed by atoms with van der Waals surface area (Å²) in [6.07, 6.45) is 1.56. The molecule has 3 amide bonds. The van der Waals surface area contributed by atoms with Crippen molar-refractivity contribution in [3.63, 3.8) is 0 Å². The molecule has 1 fully saturated rings. The normalized spacial score (nSPS) is 15.0. The molecule has 1 aliphatic rings. The molecule has 7 nitrogen and oxygen atoms in total. The number of carboxylic acid groups (broad SMARTS) is 1. The number of imide groups is 1. The van der Waals surface area contributed by atoms with Crippen LogP contribution in [0.1, 0.15) is 21.5 Å². The Labute approximate surface area is 142 Å². The molecule has 0 radical (unpaired) electrons. The van der Waals surface area contributed by atoms with Crippen LogP contribution in [0.4, 0.5) is 4.79 Å². The van der Waals surface area contributed by atoms with Crippen LogP contribution in [0, 0.1) is 0 Å². The van der Waals surface area contributed by atoms with Crippen LogP contribution in [-0.2, 0) is 11.4 Å². The van der Waals surface area contributed by atoms with E-state index in [1.807, 2.05) is 0 Å². The van der Waals surface area contributed by atoms with E-state index in [2.05, 4.69) is 10.6 Å². The third-order valence-electron chi connectivity index (χ3n) is 3.52. The van der Waals surface area contributed by atoms with Gasteiger partial charge in [0.15, 0.2) is 0 Å². The molecule has 0 aliphatic carbocycles. The Hall–Kier alpha value is -3.61. The van der Waals surface area contributed by atoms with Crippen LogP contribution in [-0.4, -0.2) is 23.0 Å². The molecule has 126 valence electrons. The molecule has 1 heterocycles. The summed E-state index contributed by atoms with van der Waals surface area (Å²) >= 11 is 0. The maximum Gasteiger partial charge on any atom is 0.335 e. The van der Waals surface area contributed by atoms with Crippen molar-refractivity contribution in [1.29, 1.82) is 0 Å². The first-order valence-corrected chi connectivity index (χ1v) is 7.40. The number of nitrogens with one attached hydrogen (secondary N) is 2. The lowest BCUT2D eigenvalue weighted by molar-refractivity contribution is -0.115. The number of amides is 3. The smallest absolute Gasteiger partial charge is 0.335 e. The summed E-state index contributed by atoms with van der Waals surface area (Å²) in [4.78, 5) is 33.3. The number of rotatable bonds is 5. The van der Waals surface area contributed by atoms with Crippen molar-refractivity contribution < 1.29 is 24.2 Å². The molecular weight excluding hydrogens is 324 g/mol. The van der Waals surface area contributed by atoms with E-state index >= 15 is 0 Å². The first kappa shape index (κ1) is 16.3. The van der Waals surface area contributed by atoms with Crippen LogP contribution in [0.5, 0.6) is 5.75 Å². The van der Waals surface area contributed by atoms with Crippen molar-refractivity contribution in [1.82, 2.24) is 10.6 Å². The van der Waals surface area contributed by atoms with Gasteiger partial charge in [-0.3, -0.25) is 10.1 Å². The molecule has 3 N–H and O–H groups in total. The van der Waals surface area contributed by atoms with E-state index in [1.54, 1.807) is 42.5 Å². The summed E-state index contributed by atoms with van der Waals surface area (Å²) in [5.41, 5.74) is 2.01. The largest absolute Gasteiger partial charge is 0.489 e. The number of ether oxygens (including phenoxy) is 1. The first-order chi connectivity index (χ1) is 12.0. The van der Waals surface area contributed by atoms with Gasteiger partial charge < -0.3 is 15.2 Å². The minimum Gasteiger partial charge on any atom is -0.489 e. The van der Waals surface area contributed by atoms with E-state index < -0.39 is 17.9 Å². The Balaban J connectivity index is 1.61. The van der Waals surface area contributed by atoms with Crippen LogP contribution in [0.3, 0.4) is 0 Å². The molecule has 2 aromatic carbocycles. The highest BCUT2D eigenvalue weighted by Gasteiger charge is 2.22. The van der Waals surface area contributed by atoms with Crippen LogP contribution < -0.4 is 15.4 Å². The fourth-order valence-corrected chi connectivity index (χ4v) is 2.22. The van der Waals surface area contributed by atoms with Crippen molar-refractivity contribution in [3.05, 3.63) is 70.9 Å². The third kappa shape index (κ3) is 4.03. The predicted octanol–water partition coefficient (Wildman–Crippen LogP) is 2.14. The summed E-state index contributed by atoms with van der Waals surface area (Å²) in [6.45, 7) is 0.304. The van der Waals surface area contributed by atoms with E-state index in [9.17, 15) is 14.4 Å². The predicted molar refractivity (Wildman–Crippen MR) is 88.8 cm³/mol. The molecule has 1 aliphatic heterocycles. The fraction of sp³-hybridized carbons (Fsp3) is 0.0556. The number of carbonyl (C=O) groups is 3. The number of hydrogen-bond acceptors (Lipinski definition) is 4. The maximum atomic E-state index is 11.5. The highest BCUT2D eigenvalue weighted by atomic mass is 16.5. The topological polar surface area (TPSA) is 105 Å². The Morgan fingerprint density at radius 2 is 1.68 bits per heavy atom. The molecule has 0 bridgehead atoms. The van der Waals surface area contributed by atoms with E-state index in [0.717, 1.165) is 11.1 Å². The highest BCUT2D eigenvalue weighted by molar-refractivity contribution is 6.13. The minimum absolute atomic E-state index is 0.192. The zero-order valence-electron chi connectivity index (χ0n) is 13.0. The van der Waals surface area contributed by atoms with Gasteiger partial charge in [-0.25, -0.2) is 9.59 Å². The first-order valence-electron chi connectivity index (χ1n) is 7.40. The molecule has 1 saturated heterocycles. The second-order valence-electron chi connectivity index (χ2n) is 5.33. The van der Waals surface area contributed by atoms with Gasteiger partial charge in [0.1, 0.15) is 18.1 Å². The molecular formula is C18H14N2O5. The standard InChI is InChI=1S/C18H14N2O5/c21-16-15(19-18(24)20-16)9-11-3-7-14(8-4-11)25-10-12-1-5-13(6-2-12)17(22)23/h1-9H,10H2,(H,22,23)(H2,19,20,21,24)/b15-9-. The van der Waals surface area contributed by atoms with Crippen LogP contribution in [0.15, 0.2) is 54.2 Å². The van der Waals surface area contributed by atoms with Gasteiger partial charge in [0.25, 0.3) is 5.91 Å². The minimum atomic E-state index is -0.968. The van der Waals surface area contributed by atoms with E-state index in [4.69, 9.17) is 9.84 Å². The van der Waals surface area contributed by atoms with Gasteiger partial charge in [-0.05, 0) is 41.5 Å². The van der Waals surface area contributed by atoms with Gasteiger partial charge in [0, 0.05) is 0 Å². The lowest BCUT2D eigenvalue weighted by Crippen LogP contribution is -2.22. The lowest BCUT2D eigenvalue weighted by Gasteiger charge is -2.07. The number of hydrogen-bond donors (Lipinski definition) is 3. The number of benzene rings is 2. The average Bonchev–Trinajstić information content (AvgIpc) is 2.92. The number of carbonyl (C=O) groups excluding carboxylic acids is 2. The number of aromatic carboxylic acids is 1. The number of urea groups is 1. The van der Waals surface area contributed by atoms with Crippen molar-refractivity contribution in [2.24, 2.45) is 0 Å². The van der Waals surface area contributed by atoms with Crippen molar-refractivity contribution in [2.75, 3.05) is 0 Å². The lowest BCUT2D eigenvalue weighted by atomic mass is 10.1. The Bertz CT molecular complexity index is 854. The molecule has 25 heavy (non-hydrogen) atoms. The monoisotopic (exact) mass is 338 g/mol. The maximum absolute atomic E-state index is 11.5. The molecule has 0 spiro atoms. The summed E-state index contributed by atoms with van der Waals surface area (Å²) in [5.74, 6) is -0.802. The van der Waals surface area contributed by atoms with Gasteiger partial charge >= 0.3 is 12.0 Å². The molecule has 0 unspecified atom stereocenters. The zero-order chi connectivity index (χ0) is 17.8. The molecule has 7 heteroatoms. The van der Waals surface area contributed by atoms with Gasteiger partial charge in [-0.15, -0.1) is 0 Å². The van der Waals surface area contributed by atoms with Crippen LogP contribution in [0.2, 0.25) is 0 Å². The summed E-state index contributed by atoms with van der Waals surface area (Å²) in [5, 5.41) is 13.4. The second-order valence-corrected chi connectivity index (χ2v) is 5.33. The van der Waals surface area contributed by atoms with Crippen LogP contribution in [0.25, 0.3) is 6.08 Å². The second kappa shape index (κ2) is 6.88. The van der Waals surface area contributed by atoms with Crippen LogP contribution >= 0.6 is 0 Å². The molecule has 0 atom stereocenters. The summed E-state index contributed by atoms with van der Waals surface area (Å²) in [7, 11) is 0. The molecule has 0 aromatic heterocycles. The quantitative estimate of drug-likeness (QED) is 0.572. The molecule has 3 rings (SSSR count). The fourth-order valence-electron chi connectivity index (χ4n) is 2.22. The Morgan fingerprint density at radius 3 is 2.24 bits per heavy atom. The van der Waals surface area contributed by atoms with Crippen molar-refractivity contribution in [2.45, 2.75) is 6.61 Å². The Morgan fingerprint density at radius 1 is 1.00 bits per heavy atom. The van der Waals surface area contributed by atoms with Gasteiger partial charge in [0.05, 0.1) is 5.56 Å². The summed E-state index contributed by atoms with van der Waals surface area (Å²) < 4.78 is 5.64. The van der Waals surface area contributed by atoms with Gasteiger partial charge in [0.2, 0.25) is 0 Å². The van der Waals surface area contributed by atoms with E-state index in [0.29, 0.717) is 12.4 Å². The van der Waals surface area contributed by atoms with E-state index in [1.165, 1.54) is 12.1 Å².